The van der Waals surface area contributed by atoms with E-state index in [1.54, 1.807) is 0 Å². The maximum atomic E-state index is 4.02. The summed E-state index contributed by atoms with van der Waals surface area (Å²) in [6.07, 6.45) is 0. The quantitative estimate of drug-likeness (QED) is 0.145. The first kappa shape index (κ1) is 35.4. The lowest BCUT2D eigenvalue weighted by Gasteiger charge is -2.34. The Balaban J connectivity index is 1.14. The zero-order valence-corrected chi connectivity index (χ0v) is 35.0. The van der Waals surface area contributed by atoms with Crippen LogP contribution >= 0.6 is 15.9 Å². The minimum absolute atomic E-state index is 0.509. The van der Waals surface area contributed by atoms with Crippen LogP contribution in [0, 0.1) is 0 Å². The van der Waals surface area contributed by atoms with Gasteiger partial charge in [0.2, 0.25) is 0 Å². The molecule has 0 amide bonds. The molecule has 0 saturated carbocycles. The van der Waals surface area contributed by atoms with Crippen LogP contribution in [0.5, 0.6) is 0 Å². The zero-order chi connectivity index (χ0) is 38.7. The topological polar surface area (TPSA) is 3.24 Å². The summed E-state index contributed by atoms with van der Waals surface area (Å²) in [7, 11) is -1.45. The van der Waals surface area contributed by atoms with Gasteiger partial charge < -0.3 is 4.90 Å². The molecular weight excluding hydrogens is 771 g/mol. The largest absolute Gasteiger partial charge is 0.310 e. The van der Waals surface area contributed by atoms with Gasteiger partial charge >= 0.3 is 0 Å². The SMILES string of the molecule is C[Si](C)(C)c1ccc(N(c2ccc(-c3ccc4c(c3)C(c3ccccc3)(c3ccccc3)c3cc(Br)c5ccccc5c3-4)cc2)c2ccc3ccccc3c2)cc1. The lowest BCUT2D eigenvalue weighted by molar-refractivity contribution is 0.769. The molecule has 9 aromatic carbocycles. The van der Waals surface area contributed by atoms with Gasteiger partial charge in [0.1, 0.15) is 0 Å². The van der Waals surface area contributed by atoms with Gasteiger partial charge in [-0.15, -0.1) is 0 Å². The molecule has 57 heavy (non-hydrogen) atoms. The van der Waals surface area contributed by atoms with Gasteiger partial charge in [-0.1, -0.05) is 192 Å². The van der Waals surface area contributed by atoms with Crippen molar-refractivity contribution in [2.24, 2.45) is 0 Å². The summed E-state index contributed by atoms with van der Waals surface area (Å²) in [5, 5.41) is 6.42. The Bertz CT molecular complexity index is 2890. The van der Waals surface area contributed by atoms with Gasteiger partial charge in [0.15, 0.2) is 0 Å². The van der Waals surface area contributed by atoms with Gasteiger partial charge in [-0.25, -0.2) is 0 Å². The maximum absolute atomic E-state index is 4.02. The number of halogens is 1. The number of hydrogen-bond donors (Lipinski definition) is 0. The first-order chi connectivity index (χ1) is 27.8. The molecule has 1 aliphatic carbocycles. The standard InChI is InChI=1S/C54H42BrNSi/c1-57(2,3)46-31-29-44(30-32-46)56(45-28-24-37-14-10-11-15-39(37)34-45)43-26-22-38(23-27-43)40-25-33-49-50(35-40)54(41-16-6-4-7-17-41,42-18-8-5-9-19-42)51-36-52(55)47-20-12-13-21-48(47)53(49)51/h4-36H,1-3H3. The molecule has 0 heterocycles. The summed E-state index contributed by atoms with van der Waals surface area (Å²) < 4.78 is 1.11. The molecule has 0 aromatic heterocycles. The summed E-state index contributed by atoms with van der Waals surface area (Å²) in [4.78, 5) is 2.39. The molecule has 0 fully saturated rings. The highest BCUT2D eigenvalue weighted by Gasteiger charge is 2.47. The molecule has 0 N–H and O–H groups in total. The van der Waals surface area contributed by atoms with Crippen molar-refractivity contribution in [1.29, 1.82) is 0 Å². The first-order valence-corrected chi connectivity index (χ1v) is 24.1. The van der Waals surface area contributed by atoms with Crippen LogP contribution in [0.15, 0.2) is 205 Å². The fourth-order valence-electron chi connectivity index (χ4n) is 9.16. The number of anilines is 3. The smallest absolute Gasteiger partial charge is 0.0775 e. The molecule has 1 nitrogen and oxygen atoms in total. The van der Waals surface area contributed by atoms with Crippen LogP contribution < -0.4 is 10.1 Å². The molecule has 3 heteroatoms. The monoisotopic (exact) mass is 811 g/mol. The van der Waals surface area contributed by atoms with Crippen LogP contribution in [0.2, 0.25) is 19.6 Å². The number of hydrogen-bond acceptors (Lipinski definition) is 1. The predicted molar refractivity (Wildman–Crippen MR) is 250 cm³/mol. The van der Waals surface area contributed by atoms with Gasteiger partial charge in [-0.3, -0.25) is 0 Å². The van der Waals surface area contributed by atoms with Crippen molar-refractivity contribution in [1.82, 2.24) is 0 Å². The van der Waals surface area contributed by atoms with Crippen molar-refractivity contribution in [3.63, 3.8) is 0 Å². The summed E-state index contributed by atoms with van der Waals surface area (Å²) in [5.74, 6) is 0. The van der Waals surface area contributed by atoms with E-state index >= 15 is 0 Å². The fraction of sp³-hybridized carbons (Fsp3) is 0.0741. The molecule has 0 unspecified atom stereocenters. The van der Waals surface area contributed by atoms with E-state index in [0.717, 1.165) is 21.5 Å². The van der Waals surface area contributed by atoms with Crippen LogP contribution in [0.25, 0.3) is 43.8 Å². The van der Waals surface area contributed by atoms with Gasteiger partial charge in [-0.05, 0) is 115 Å². The van der Waals surface area contributed by atoms with Crippen LogP contribution in [-0.2, 0) is 5.41 Å². The Labute approximate surface area is 345 Å². The normalized spacial score (nSPS) is 13.1. The zero-order valence-electron chi connectivity index (χ0n) is 32.4. The predicted octanol–water partition coefficient (Wildman–Crippen LogP) is 14.8. The van der Waals surface area contributed by atoms with Crippen molar-refractivity contribution in [2.75, 3.05) is 4.90 Å². The number of fused-ring (bicyclic) bond motifs is 6. The van der Waals surface area contributed by atoms with Crippen LogP contribution in [0.1, 0.15) is 22.3 Å². The molecule has 274 valence electrons. The van der Waals surface area contributed by atoms with E-state index in [2.05, 4.69) is 241 Å². The second kappa shape index (κ2) is 13.9. The Morgan fingerprint density at radius 3 is 1.63 bits per heavy atom. The van der Waals surface area contributed by atoms with E-state index in [9.17, 15) is 0 Å². The van der Waals surface area contributed by atoms with Crippen LogP contribution in [-0.4, -0.2) is 8.07 Å². The third kappa shape index (κ3) is 5.88. The Kier molecular flexibility index (Phi) is 8.62. The van der Waals surface area contributed by atoms with Gasteiger partial charge in [0.25, 0.3) is 0 Å². The molecule has 0 spiro atoms. The molecule has 0 radical (unpaired) electrons. The van der Waals surface area contributed by atoms with E-state index in [4.69, 9.17) is 0 Å². The average molecular weight is 813 g/mol. The maximum Gasteiger partial charge on any atom is 0.0775 e. The average Bonchev–Trinajstić information content (AvgIpc) is 3.54. The molecular formula is C54H42BrNSi. The molecule has 0 aliphatic heterocycles. The van der Waals surface area contributed by atoms with Gasteiger partial charge in [0, 0.05) is 21.5 Å². The molecule has 10 rings (SSSR count). The second-order valence-electron chi connectivity index (χ2n) is 16.3. The highest BCUT2D eigenvalue weighted by molar-refractivity contribution is 9.10. The van der Waals surface area contributed by atoms with E-state index in [1.807, 2.05) is 0 Å². The Hall–Kier alpha value is -6.00. The van der Waals surface area contributed by atoms with Crippen molar-refractivity contribution >= 4 is 67.8 Å². The number of rotatable bonds is 7. The number of nitrogens with zero attached hydrogens (tertiary/aromatic N) is 1. The van der Waals surface area contributed by atoms with E-state index in [0.29, 0.717) is 0 Å². The highest BCUT2D eigenvalue weighted by Crippen LogP contribution is 2.59. The summed E-state index contributed by atoms with van der Waals surface area (Å²) in [6, 6.07) is 74.3. The van der Waals surface area contributed by atoms with Crippen molar-refractivity contribution in [3.8, 4) is 22.3 Å². The van der Waals surface area contributed by atoms with Gasteiger partial charge in [0.05, 0.1) is 13.5 Å². The van der Waals surface area contributed by atoms with Crippen molar-refractivity contribution < 1.29 is 0 Å². The lowest BCUT2D eigenvalue weighted by Crippen LogP contribution is -2.37. The molecule has 0 atom stereocenters. The van der Waals surface area contributed by atoms with Gasteiger partial charge in [-0.2, -0.15) is 0 Å². The first-order valence-electron chi connectivity index (χ1n) is 19.8. The number of benzene rings is 9. The third-order valence-electron chi connectivity index (χ3n) is 11.9. The molecule has 9 aromatic rings. The second-order valence-corrected chi connectivity index (χ2v) is 22.2. The minimum Gasteiger partial charge on any atom is -0.310 e. The summed E-state index contributed by atoms with van der Waals surface area (Å²) >= 11 is 4.02. The van der Waals surface area contributed by atoms with E-state index in [-0.39, 0.29) is 0 Å². The Morgan fingerprint density at radius 2 is 0.982 bits per heavy atom. The highest BCUT2D eigenvalue weighted by atomic mass is 79.9. The third-order valence-corrected chi connectivity index (χ3v) is 14.7. The Morgan fingerprint density at radius 1 is 0.439 bits per heavy atom. The molecule has 1 aliphatic rings. The minimum atomic E-state index is -1.45. The van der Waals surface area contributed by atoms with E-state index in [1.165, 1.54) is 71.2 Å². The van der Waals surface area contributed by atoms with E-state index < -0.39 is 13.5 Å². The van der Waals surface area contributed by atoms with Crippen molar-refractivity contribution in [2.45, 2.75) is 25.1 Å². The van der Waals surface area contributed by atoms with Crippen molar-refractivity contribution in [3.05, 3.63) is 227 Å². The molecule has 0 bridgehead atoms. The summed E-state index contributed by atoms with van der Waals surface area (Å²) in [6.45, 7) is 7.22. The summed E-state index contributed by atoms with van der Waals surface area (Å²) in [5.41, 5.74) is 13.0. The van der Waals surface area contributed by atoms with Crippen LogP contribution in [0.3, 0.4) is 0 Å². The van der Waals surface area contributed by atoms with Crippen LogP contribution in [0.4, 0.5) is 17.1 Å². The fourth-order valence-corrected chi connectivity index (χ4v) is 10.9. The lowest BCUT2D eigenvalue weighted by atomic mass is 9.67. The molecule has 0 saturated heterocycles.